The molecule has 0 unspecified atom stereocenters. The van der Waals surface area contributed by atoms with E-state index < -0.39 is 24.5 Å². The summed E-state index contributed by atoms with van der Waals surface area (Å²) in [6, 6.07) is 3.22. The van der Waals surface area contributed by atoms with Crippen LogP contribution >= 0.6 is 11.6 Å². The van der Waals surface area contributed by atoms with Crippen molar-refractivity contribution in [3.8, 4) is 5.75 Å². The molecule has 1 saturated heterocycles. The third-order valence-electron chi connectivity index (χ3n) is 4.54. The van der Waals surface area contributed by atoms with Gasteiger partial charge in [0.15, 0.2) is 6.61 Å². The van der Waals surface area contributed by atoms with E-state index in [9.17, 15) is 27.2 Å². The SMILES string of the molecule is O=C(COc1ccc(Cl)c(F)c1)N[C@H]1CC[C@H](C(=O)NCCCCC(F)(F)F)NC1. The van der Waals surface area contributed by atoms with E-state index in [1.54, 1.807) is 0 Å². The van der Waals surface area contributed by atoms with E-state index in [1.165, 1.54) is 12.1 Å². The van der Waals surface area contributed by atoms with Crippen LogP contribution in [-0.4, -0.2) is 49.8 Å². The van der Waals surface area contributed by atoms with Gasteiger partial charge in [-0.2, -0.15) is 13.2 Å². The number of unbranched alkanes of at least 4 members (excludes halogenated alkanes) is 1. The van der Waals surface area contributed by atoms with Crippen molar-refractivity contribution in [3.05, 3.63) is 29.0 Å². The molecule has 168 valence electrons. The number of ether oxygens (including phenoxy) is 1. The van der Waals surface area contributed by atoms with Crippen LogP contribution < -0.4 is 20.7 Å². The van der Waals surface area contributed by atoms with Crippen molar-refractivity contribution in [3.63, 3.8) is 0 Å². The quantitative estimate of drug-likeness (QED) is 0.397. The number of hydrogen-bond acceptors (Lipinski definition) is 4. The second-order valence-electron chi connectivity index (χ2n) is 7.03. The van der Waals surface area contributed by atoms with E-state index in [2.05, 4.69) is 16.0 Å². The zero-order valence-electron chi connectivity index (χ0n) is 16.2. The molecule has 3 N–H and O–H groups in total. The number of hydrogen-bond donors (Lipinski definition) is 3. The fourth-order valence-electron chi connectivity index (χ4n) is 2.97. The van der Waals surface area contributed by atoms with Crippen molar-refractivity contribution >= 4 is 23.4 Å². The van der Waals surface area contributed by atoms with Crippen LogP contribution in [-0.2, 0) is 9.59 Å². The molecule has 1 fully saturated rings. The van der Waals surface area contributed by atoms with Crippen LogP contribution in [0.15, 0.2) is 18.2 Å². The summed E-state index contributed by atoms with van der Waals surface area (Å²) < 4.78 is 54.8. The first-order valence-electron chi connectivity index (χ1n) is 9.59. The number of piperidine rings is 1. The fourth-order valence-corrected chi connectivity index (χ4v) is 3.09. The lowest BCUT2D eigenvalue weighted by Crippen LogP contribution is -2.55. The maximum absolute atomic E-state index is 13.3. The minimum Gasteiger partial charge on any atom is -0.484 e. The van der Waals surface area contributed by atoms with E-state index in [-0.39, 0.29) is 54.6 Å². The number of nitrogens with one attached hydrogen (secondary N) is 3. The third kappa shape index (κ3) is 8.74. The third-order valence-corrected chi connectivity index (χ3v) is 4.85. The Morgan fingerprint density at radius 1 is 1.23 bits per heavy atom. The van der Waals surface area contributed by atoms with Gasteiger partial charge in [0.2, 0.25) is 5.91 Å². The predicted molar refractivity (Wildman–Crippen MR) is 103 cm³/mol. The maximum Gasteiger partial charge on any atom is 0.389 e. The largest absolute Gasteiger partial charge is 0.484 e. The zero-order chi connectivity index (χ0) is 22.1. The monoisotopic (exact) mass is 453 g/mol. The molecule has 2 rings (SSSR count). The fraction of sp³-hybridized carbons (Fsp3) is 0.579. The number of rotatable bonds is 9. The molecule has 0 aromatic heterocycles. The lowest BCUT2D eigenvalue weighted by atomic mass is 10.00. The summed E-state index contributed by atoms with van der Waals surface area (Å²) in [5.41, 5.74) is 0. The van der Waals surface area contributed by atoms with E-state index in [1.807, 2.05) is 0 Å². The van der Waals surface area contributed by atoms with Crippen LogP contribution in [0.3, 0.4) is 0 Å². The van der Waals surface area contributed by atoms with Gasteiger partial charge in [-0.25, -0.2) is 4.39 Å². The van der Waals surface area contributed by atoms with Crippen molar-refractivity contribution in [2.24, 2.45) is 0 Å². The van der Waals surface area contributed by atoms with Crippen LogP contribution in [0.25, 0.3) is 0 Å². The number of benzene rings is 1. The first-order valence-corrected chi connectivity index (χ1v) is 9.97. The smallest absolute Gasteiger partial charge is 0.389 e. The summed E-state index contributed by atoms with van der Waals surface area (Å²) >= 11 is 5.58. The Hall–Kier alpha value is -2.07. The summed E-state index contributed by atoms with van der Waals surface area (Å²) in [5, 5.41) is 8.36. The van der Waals surface area contributed by atoms with Crippen LogP contribution in [0.4, 0.5) is 17.6 Å². The van der Waals surface area contributed by atoms with Gasteiger partial charge in [0.25, 0.3) is 5.91 Å². The molecule has 1 heterocycles. The molecule has 11 heteroatoms. The van der Waals surface area contributed by atoms with Crippen molar-refractivity contribution in [1.29, 1.82) is 0 Å². The van der Waals surface area contributed by atoms with Gasteiger partial charge in [-0.1, -0.05) is 11.6 Å². The topological polar surface area (TPSA) is 79.5 Å². The van der Waals surface area contributed by atoms with Gasteiger partial charge in [-0.15, -0.1) is 0 Å². The molecule has 6 nitrogen and oxygen atoms in total. The Morgan fingerprint density at radius 2 is 2.00 bits per heavy atom. The number of amides is 2. The summed E-state index contributed by atoms with van der Waals surface area (Å²) in [4.78, 5) is 24.0. The highest BCUT2D eigenvalue weighted by Crippen LogP contribution is 2.22. The summed E-state index contributed by atoms with van der Waals surface area (Å²) in [6.45, 7) is 0.267. The molecule has 2 amide bonds. The number of alkyl halides is 3. The normalized spacial score (nSPS) is 19.2. The summed E-state index contributed by atoms with van der Waals surface area (Å²) in [6.07, 6.45) is -3.77. The Bertz CT molecular complexity index is 725. The van der Waals surface area contributed by atoms with Crippen LogP contribution in [0.2, 0.25) is 5.02 Å². The van der Waals surface area contributed by atoms with Gasteiger partial charge in [0, 0.05) is 31.6 Å². The second-order valence-corrected chi connectivity index (χ2v) is 7.44. The zero-order valence-corrected chi connectivity index (χ0v) is 16.9. The van der Waals surface area contributed by atoms with E-state index in [4.69, 9.17) is 16.3 Å². The van der Waals surface area contributed by atoms with Gasteiger partial charge < -0.3 is 20.7 Å². The molecule has 0 aliphatic carbocycles. The van der Waals surface area contributed by atoms with Crippen LogP contribution in [0, 0.1) is 5.82 Å². The molecular weight excluding hydrogens is 430 g/mol. The summed E-state index contributed by atoms with van der Waals surface area (Å²) in [5.74, 6) is -1.11. The molecule has 1 aliphatic rings. The summed E-state index contributed by atoms with van der Waals surface area (Å²) in [7, 11) is 0. The van der Waals surface area contributed by atoms with Gasteiger partial charge in [0.05, 0.1) is 11.1 Å². The molecule has 1 aromatic carbocycles. The average Bonchev–Trinajstić information content (AvgIpc) is 2.68. The van der Waals surface area contributed by atoms with Gasteiger partial charge in [-0.3, -0.25) is 9.59 Å². The van der Waals surface area contributed by atoms with Crippen molar-refractivity contribution in [1.82, 2.24) is 16.0 Å². The number of carbonyl (C=O) groups is 2. The van der Waals surface area contributed by atoms with E-state index >= 15 is 0 Å². The van der Waals surface area contributed by atoms with Crippen molar-refractivity contribution in [2.75, 3.05) is 19.7 Å². The standard InChI is InChI=1S/C19H24ClF4N3O3/c20-14-5-4-13(9-15(14)21)30-11-17(28)27-12-3-6-16(26-10-12)18(29)25-8-2-1-7-19(22,23)24/h4-5,9,12,16,26H,1-3,6-8,10-11H2,(H,25,29)(H,27,28)/t12-,16+/m0/s1. The molecule has 1 aromatic rings. The lowest BCUT2D eigenvalue weighted by Gasteiger charge is -2.29. The lowest BCUT2D eigenvalue weighted by molar-refractivity contribution is -0.135. The average molecular weight is 454 g/mol. The molecule has 2 atom stereocenters. The Morgan fingerprint density at radius 3 is 2.63 bits per heavy atom. The minimum absolute atomic E-state index is 0.0271. The highest BCUT2D eigenvalue weighted by molar-refractivity contribution is 6.30. The second kappa shape index (κ2) is 11.4. The van der Waals surface area contributed by atoms with Gasteiger partial charge in [0.1, 0.15) is 11.6 Å². The predicted octanol–water partition coefficient (Wildman–Crippen LogP) is 2.94. The number of halogens is 5. The molecule has 30 heavy (non-hydrogen) atoms. The highest BCUT2D eigenvalue weighted by Gasteiger charge is 2.27. The van der Waals surface area contributed by atoms with Gasteiger partial charge >= 0.3 is 6.18 Å². The Kier molecular flexibility index (Phi) is 9.16. The van der Waals surface area contributed by atoms with Crippen molar-refractivity contribution in [2.45, 2.75) is 50.4 Å². The molecule has 0 bridgehead atoms. The van der Waals surface area contributed by atoms with E-state index in [0.717, 1.165) is 6.07 Å². The first kappa shape index (κ1) is 24.2. The van der Waals surface area contributed by atoms with Crippen LogP contribution in [0.5, 0.6) is 5.75 Å². The molecule has 0 spiro atoms. The number of carbonyl (C=O) groups excluding carboxylic acids is 2. The van der Waals surface area contributed by atoms with Crippen molar-refractivity contribution < 1.29 is 31.9 Å². The molecule has 0 saturated carbocycles. The Balaban J connectivity index is 1.61. The minimum atomic E-state index is -4.18. The molecular formula is C19H24ClF4N3O3. The molecule has 0 radical (unpaired) electrons. The van der Waals surface area contributed by atoms with E-state index in [0.29, 0.717) is 19.4 Å². The van der Waals surface area contributed by atoms with Crippen LogP contribution in [0.1, 0.15) is 32.1 Å². The molecule has 1 aliphatic heterocycles. The highest BCUT2D eigenvalue weighted by atomic mass is 35.5. The Labute approximate surface area is 176 Å². The first-order chi connectivity index (χ1) is 14.1. The maximum atomic E-state index is 13.3. The van der Waals surface area contributed by atoms with Gasteiger partial charge in [-0.05, 0) is 37.8 Å².